The Morgan fingerprint density at radius 2 is 1.82 bits per heavy atom. The molecule has 1 amide bonds. The second-order valence-corrected chi connectivity index (χ2v) is 9.13. The molecule has 33 heavy (non-hydrogen) atoms. The molecule has 0 aliphatic heterocycles. The van der Waals surface area contributed by atoms with E-state index in [0.29, 0.717) is 22.7 Å². The van der Waals surface area contributed by atoms with Crippen molar-refractivity contribution < 1.29 is 9.18 Å². The Morgan fingerprint density at radius 3 is 2.52 bits per heavy atom. The first kappa shape index (κ1) is 22.9. The van der Waals surface area contributed by atoms with Crippen molar-refractivity contribution in [2.75, 3.05) is 16.4 Å². The van der Waals surface area contributed by atoms with Crippen LogP contribution in [0, 0.1) is 12.7 Å². The molecule has 4 rings (SSSR count). The zero-order valence-corrected chi connectivity index (χ0v) is 19.7. The zero-order chi connectivity index (χ0) is 23.2. The molecule has 2 N–H and O–H groups in total. The number of aryl methyl sites for hydroxylation is 2. The number of thioether (sulfide) groups is 1. The Hall–Kier alpha value is -3.31. The number of rotatable bonds is 9. The molecular formula is C22H22FN7OS2. The highest BCUT2D eigenvalue weighted by Crippen LogP contribution is 2.24. The number of halogens is 1. The third kappa shape index (κ3) is 5.93. The van der Waals surface area contributed by atoms with E-state index < -0.39 is 0 Å². The summed E-state index contributed by atoms with van der Waals surface area (Å²) < 4.78 is 15.1. The monoisotopic (exact) mass is 483 g/mol. The number of carbonyl (C=O) groups is 1. The lowest BCUT2D eigenvalue weighted by Crippen LogP contribution is -2.14. The Kier molecular flexibility index (Phi) is 7.30. The number of hydrogen-bond acceptors (Lipinski definition) is 8. The lowest BCUT2D eigenvalue weighted by molar-refractivity contribution is -0.113. The minimum Gasteiger partial charge on any atom is -0.378 e. The molecule has 11 heteroatoms. The fourth-order valence-electron chi connectivity index (χ4n) is 2.94. The van der Waals surface area contributed by atoms with Gasteiger partial charge in [-0.1, -0.05) is 47.7 Å². The minimum atomic E-state index is -0.292. The highest BCUT2D eigenvalue weighted by molar-refractivity contribution is 7.99. The molecule has 170 valence electrons. The van der Waals surface area contributed by atoms with E-state index >= 15 is 0 Å². The second-order valence-electron chi connectivity index (χ2n) is 7.12. The fraction of sp³-hybridized carbons (Fsp3) is 0.227. The van der Waals surface area contributed by atoms with Gasteiger partial charge in [-0.3, -0.25) is 14.7 Å². The van der Waals surface area contributed by atoms with Gasteiger partial charge in [0, 0.05) is 11.4 Å². The van der Waals surface area contributed by atoms with Crippen LogP contribution < -0.4 is 10.6 Å². The van der Waals surface area contributed by atoms with Gasteiger partial charge in [0.05, 0.1) is 12.3 Å². The van der Waals surface area contributed by atoms with Gasteiger partial charge in [-0.25, -0.2) is 4.39 Å². The average Bonchev–Trinajstić information content (AvgIpc) is 3.44. The molecule has 4 aromatic rings. The van der Waals surface area contributed by atoms with Crippen LogP contribution in [-0.4, -0.2) is 36.6 Å². The van der Waals surface area contributed by atoms with Crippen molar-refractivity contribution in [1.29, 1.82) is 0 Å². The number of hydrogen-bond donors (Lipinski definition) is 2. The first-order valence-corrected chi connectivity index (χ1v) is 12.1. The molecule has 0 fully saturated rings. The van der Waals surface area contributed by atoms with Crippen molar-refractivity contribution in [2.45, 2.75) is 32.0 Å². The molecule has 0 saturated carbocycles. The Labute approximate surface area is 198 Å². The summed E-state index contributed by atoms with van der Waals surface area (Å²) in [5, 5.41) is 24.6. The van der Waals surface area contributed by atoms with Crippen LogP contribution in [0.2, 0.25) is 0 Å². The molecule has 0 atom stereocenters. The lowest BCUT2D eigenvalue weighted by atomic mass is 10.2. The Bertz CT molecular complexity index is 1220. The molecule has 0 aliphatic rings. The Morgan fingerprint density at radius 1 is 1.06 bits per heavy atom. The van der Waals surface area contributed by atoms with E-state index in [1.807, 2.05) is 42.7 Å². The van der Waals surface area contributed by atoms with Gasteiger partial charge in [0.15, 0.2) is 11.0 Å². The molecule has 8 nitrogen and oxygen atoms in total. The maximum atomic E-state index is 13.2. The van der Waals surface area contributed by atoms with Gasteiger partial charge in [-0.2, -0.15) is 0 Å². The van der Waals surface area contributed by atoms with E-state index in [9.17, 15) is 9.18 Å². The number of nitrogens with one attached hydrogen (secondary N) is 2. The molecule has 0 aliphatic carbocycles. The van der Waals surface area contributed by atoms with E-state index in [4.69, 9.17) is 0 Å². The lowest BCUT2D eigenvalue weighted by Gasteiger charge is -2.12. The van der Waals surface area contributed by atoms with Gasteiger partial charge >= 0.3 is 0 Å². The van der Waals surface area contributed by atoms with Crippen molar-refractivity contribution in [3.05, 3.63) is 70.7 Å². The maximum Gasteiger partial charge on any atom is 0.236 e. The van der Waals surface area contributed by atoms with Crippen LogP contribution in [0.15, 0.2) is 53.7 Å². The van der Waals surface area contributed by atoms with Gasteiger partial charge in [0.25, 0.3) is 0 Å². The van der Waals surface area contributed by atoms with Crippen molar-refractivity contribution in [2.24, 2.45) is 0 Å². The van der Waals surface area contributed by atoms with E-state index in [1.165, 1.54) is 35.2 Å². The third-order valence-corrected chi connectivity index (χ3v) is 6.55. The predicted octanol–water partition coefficient (Wildman–Crippen LogP) is 4.47. The van der Waals surface area contributed by atoms with Gasteiger partial charge in [0.2, 0.25) is 11.0 Å². The van der Waals surface area contributed by atoms with Crippen molar-refractivity contribution in [3.63, 3.8) is 0 Å². The highest BCUT2D eigenvalue weighted by atomic mass is 32.2. The number of anilines is 2. The van der Waals surface area contributed by atoms with Crippen LogP contribution in [0.3, 0.4) is 0 Å². The van der Waals surface area contributed by atoms with Crippen LogP contribution in [0.1, 0.15) is 23.3 Å². The van der Waals surface area contributed by atoms with Crippen LogP contribution in [-0.2, 0) is 17.8 Å². The van der Waals surface area contributed by atoms with Gasteiger partial charge in [0.1, 0.15) is 10.8 Å². The van der Waals surface area contributed by atoms with Gasteiger partial charge < -0.3 is 5.32 Å². The summed E-state index contributed by atoms with van der Waals surface area (Å²) in [6, 6.07) is 14.1. The van der Waals surface area contributed by atoms with Gasteiger partial charge in [-0.15, -0.1) is 20.4 Å². The predicted molar refractivity (Wildman–Crippen MR) is 128 cm³/mol. The van der Waals surface area contributed by atoms with E-state index in [0.717, 1.165) is 28.4 Å². The van der Waals surface area contributed by atoms with Crippen LogP contribution in [0.4, 0.5) is 15.2 Å². The van der Waals surface area contributed by atoms with Gasteiger partial charge in [-0.05, 0) is 49.7 Å². The molecule has 0 unspecified atom stereocenters. The summed E-state index contributed by atoms with van der Waals surface area (Å²) in [7, 11) is 0. The number of nitrogens with zero attached hydrogens (tertiary/aromatic N) is 5. The van der Waals surface area contributed by atoms with Crippen molar-refractivity contribution in [3.8, 4) is 5.69 Å². The highest BCUT2D eigenvalue weighted by Gasteiger charge is 2.17. The standard InChI is InChI=1S/C22H22FN7OS2/c1-3-20-27-28-21(33-20)25-19(31)13-32-22-29-26-18(12-24-16-8-6-15(23)7-9-16)30(22)17-10-4-14(2)5-11-17/h4-11,24H,3,12-13H2,1-2H3,(H,25,28,31). The van der Waals surface area contributed by atoms with Crippen molar-refractivity contribution >= 4 is 39.8 Å². The summed E-state index contributed by atoms with van der Waals surface area (Å²) in [5.74, 6) is 0.335. The minimum absolute atomic E-state index is 0.149. The summed E-state index contributed by atoms with van der Waals surface area (Å²) in [5.41, 5.74) is 2.79. The van der Waals surface area contributed by atoms with Crippen LogP contribution in [0.25, 0.3) is 5.69 Å². The molecule has 2 aromatic carbocycles. The van der Waals surface area contributed by atoms with E-state index in [-0.39, 0.29) is 17.5 Å². The first-order chi connectivity index (χ1) is 16.0. The van der Waals surface area contributed by atoms with Crippen LogP contribution >= 0.6 is 23.1 Å². The molecule has 2 heterocycles. The number of aromatic nitrogens is 5. The molecule has 2 aromatic heterocycles. The molecule has 0 saturated heterocycles. The smallest absolute Gasteiger partial charge is 0.236 e. The normalized spacial score (nSPS) is 10.9. The summed E-state index contributed by atoms with van der Waals surface area (Å²) in [4.78, 5) is 12.4. The Balaban J connectivity index is 1.49. The quantitative estimate of drug-likeness (QED) is 0.339. The topological polar surface area (TPSA) is 97.6 Å². The first-order valence-electron chi connectivity index (χ1n) is 10.3. The number of benzene rings is 2. The summed E-state index contributed by atoms with van der Waals surface area (Å²) >= 11 is 2.65. The molecule has 0 spiro atoms. The third-order valence-electron chi connectivity index (χ3n) is 4.64. The maximum absolute atomic E-state index is 13.2. The van der Waals surface area contributed by atoms with Crippen molar-refractivity contribution in [1.82, 2.24) is 25.0 Å². The number of amides is 1. The van der Waals surface area contributed by atoms with E-state index in [1.54, 1.807) is 12.1 Å². The fourth-order valence-corrected chi connectivity index (χ4v) is 4.41. The second kappa shape index (κ2) is 10.5. The molecular weight excluding hydrogens is 461 g/mol. The zero-order valence-electron chi connectivity index (χ0n) is 18.1. The number of carbonyl (C=O) groups excluding carboxylic acids is 1. The molecule has 0 radical (unpaired) electrons. The molecule has 0 bridgehead atoms. The van der Waals surface area contributed by atoms with Crippen LogP contribution in [0.5, 0.6) is 0 Å². The SMILES string of the molecule is CCc1nnc(NC(=O)CSc2nnc(CNc3ccc(F)cc3)n2-c2ccc(C)cc2)s1. The summed E-state index contributed by atoms with van der Waals surface area (Å²) in [6.45, 7) is 4.39. The summed E-state index contributed by atoms with van der Waals surface area (Å²) in [6.07, 6.45) is 0.774. The largest absolute Gasteiger partial charge is 0.378 e. The average molecular weight is 484 g/mol. The van der Waals surface area contributed by atoms with E-state index in [2.05, 4.69) is 31.0 Å².